The third-order valence-electron chi connectivity index (χ3n) is 7.64. The van der Waals surface area contributed by atoms with Crippen LogP contribution in [0.25, 0.3) is 0 Å². The summed E-state index contributed by atoms with van der Waals surface area (Å²) in [5, 5.41) is 25.8. The van der Waals surface area contributed by atoms with Gasteiger partial charge in [-0.3, -0.25) is 5.26 Å². The molecule has 2 rings (SSSR count). The number of aromatic hydroxyl groups is 2. The first-order chi connectivity index (χ1) is 22.0. The van der Waals surface area contributed by atoms with Gasteiger partial charge < -0.3 is 10.2 Å². The van der Waals surface area contributed by atoms with Crippen LogP contribution in [-0.4, -0.2) is 22.1 Å². The van der Waals surface area contributed by atoms with E-state index in [0.717, 1.165) is 12.8 Å². The van der Waals surface area contributed by atoms with E-state index in [4.69, 9.17) is 5.26 Å². The van der Waals surface area contributed by atoms with E-state index in [2.05, 4.69) is 32.6 Å². The van der Waals surface area contributed by atoms with E-state index >= 15 is 0 Å². The van der Waals surface area contributed by atoms with Gasteiger partial charge in [-0.2, -0.15) is 0 Å². The van der Waals surface area contributed by atoms with Gasteiger partial charge in [0.15, 0.2) is 0 Å². The molecule has 0 saturated heterocycles. The Labute approximate surface area is 280 Å². The van der Waals surface area contributed by atoms with Crippen LogP contribution in [0.2, 0.25) is 0 Å². The number of aryl methyl sites for hydroxylation is 2. The van der Waals surface area contributed by atoms with Gasteiger partial charge in [0.2, 0.25) is 0 Å². The zero-order chi connectivity index (χ0) is 33.6. The molecule has 45 heavy (non-hydrogen) atoms. The molecule has 0 aromatic heterocycles. The SMILES string of the molecule is CCC.CCCCCCCCCCCCc1ccc(O)cc1.CCCCCCCCCCCCc1ccc(O)cc1.CCOO. The van der Waals surface area contributed by atoms with E-state index in [0.29, 0.717) is 18.1 Å². The second-order valence-electron chi connectivity index (χ2n) is 12.3. The van der Waals surface area contributed by atoms with E-state index in [1.54, 1.807) is 31.2 Å². The lowest BCUT2D eigenvalue weighted by Gasteiger charge is -2.03. The molecule has 0 unspecified atom stereocenters. The average molecular weight is 631 g/mol. The Kier molecular flexibility index (Phi) is 38.2. The summed E-state index contributed by atoms with van der Waals surface area (Å²) < 4.78 is 0. The number of benzene rings is 2. The topological polar surface area (TPSA) is 69.9 Å². The van der Waals surface area contributed by atoms with Gasteiger partial charge in [0, 0.05) is 0 Å². The largest absolute Gasteiger partial charge is 0.508 e. The molecule has 3 N–H and O–H groups in total. The summed E-state index contributed by atoms with van der Waals surface area (Å²) in [5.74, 6) is 0.735. The monoisotopic (exact) mass is 631 g/mol. The molecule has 0 fully saturated rings. The third kappa shape index (κ3) is 36.3. The van der Waals surface area contributed by atoms with Crippen LogP contribution in [0.1, 0.15) is 181 Å². The molecule has 0 radical (unpaired) electrons. The predicted molar refractivity (Wildman–Crippen MR) is 198 cm³/mol. The van der Waals surface area contributed by atoms with Crippen LogP contribution >= 0.6 is 0 Å². The fourth-order valence-corrected chi connectivity index (χ4v) is 4.96. The molecular weight excluding hydrogens is 556 g/mol. The molecule has 0 bridgehead atoms. The first kappa shape index (κ1) is 45.1. The van der Waals surface area contributed by atoms with E-state index in [1.165, 1.54) is 146 Å². The predicted octanol–water partition coefficient (Wildman–Crippen LogP) is 13.6. The van der Waals surface area contributed by atoms with Crippen LogP contribution in [0.5, 0.6) is 11.5 Å². The highest BCUT2D eigenvalue weighted by molar-refractivity contribution is 5.26. The van der Waals surface area contributed by atoms with Crippen molar-refractivity contribution in [2.75, 3.05) is 6.61 Å². The summed E-state index contributed by atoms with van der Waals surface area (Å²) >= 11 is 0. The van der Waals surface area contributed by atoms with E-state index < -0.39 is 0 Å². The Morgan fingerprint density at radius 3 is 0.844 bits per heavy atom. The van der Waals surface area contributed by atoms with Gasteiger partial charge in [-0.1, -0.05) is 174 Å². The van der Waals surface area contributed by atoms with Crippen molar-refractivity contribution in [1.29, 1.82) is 0 Å². The zero-order valence-electron chi connectivity index (χ0n) is 30.3. The Morgan fingerprint density at radius 1 is 0.400 bits per heavy atom. The van der Waals surface area contributed by atoms with Crippen molar-refractivity contribution in [1.82, 2.24) is 0 Å². The van der Waals surface area contributed by atoms with Gasteiger partial charge in [-0.05, 0) is 68.0 Å². The molecule has 262 valence electrons. The molecule has 2 aromatic rings. The van der Waals surface area contributed by atoms with Crippen molar-refractivity contribution in [2.24, 2.45) is 0 Å². The summed E-state index contributed by atoms with van der Waals surface area (Å²) in [4.78, 5) is 3.54. The van der Waals surface area contributed by atoms with E-state index in [1.807, 2.05) is 24.3 Å². The quantitative estimate of drug-likeness (QED) is 0.0649. The molecule has 2 aromatic carbocycles. The summed E-state index contributed by atoms with van der Waals surface area (Å²) in [7, 11) is 0. The number of phenols is 2. The van der Waals surface area contributed by atoms with Gasteiger partial charge in [0.05, 0.1) is 6.61 Å². The lowest BCUT2D eigenvalue weighted by molar-refractivity contribution is -0.237. The number of rotatable bonds is 23. The summed E-state index contributed by atoms with van der Waals surface area (Å²) in [6.45, 7) is 10.9. The Hall–Kier alpha value is -2.04. The van der Waals surface area contributed by atoms with E-state index in [9.17, 15) is 10.2 Å². The van der Waals surface area contributed by atoms with Gasteiger partial charge in [-0.15, -0.1) is 0 Å². The first-order valence-electron chi connectivity index (χ1n) is 18.8. The number of hydrogen-bond acceptors (Lipinski definition) is 4. The molecule has 4 heteroatoms. The highest BCUT2D eigenvalue weighted by atomic mass is 17.1. The average Bonchev–Trinajstić information content (AvgIpc) is 3.05. The van der Waals surface area contributed by atoms with Gasteiger partial charge in [-0.25, -0.2) is 4.89 Å². The van der Waals surface area contributed by atoms with Crippen molar-refractivity contribution < 1.29 is 20.4 Å². The molecule has 0 heterocycles. The van der Waals surface area contributed by atoms with Gasteiger partial charge >= 0.3 is 0 Å². The minimum Gasteiger partial charge on any atom is -0.508 e. The molecular formula is C41H74O4. The maximum absolute atomic E-state index is 9.20. The third-order valence-corrected chi connectivity index (χ3v) is 7.64. The molecule has 0 aliphatic rings. The van der Waals surface area contributed by atoms with Crippen LogP contribution in [0.15, 0.2) is 48.5 Å². The molecule has 0 spiro atoms. The molecule has 0 aliphatic heterocycles. The molecule has 4 nitrogen and oxygen atoms in total. The van der Waals surface area contributed by atoms with Crippen molar-refractivity contribution >= 4 is 0 Å². The van der Waals surface area contributed by atoms with Gasteiger partial charge in [0.25, 0.3) is 0 Å². The molecule has 0 saturated carbocycles. The first-order valence-corrected chi connectivity index (χ1v) is 18.8. The highest BCUT2D eigenvalue weighted by Crippen LogP contribution is 2.16. The van der Waals surface area contributed by atoms with E-state index in [-0.39, 0.29) is 0 Å². The highest BCUT2D eigenvalue weighted by Gasteiger charge is 1.97. The Balaban J connectivity index is 0. The summed E-state index contributed by atoms with van der Waals surface area (Å²) in [5.41, 5.74) is 2.69. The van der Waals surface area contributed by atoms with Crippen molar-refractivity contribution in [3.63, 3.8) is 0 Å². The van der Waals surface area contributed by atoms with Crippen molar-refractivity contribution in [2.45, 2.75) is 182 Å². The maximum atomic E-state index is 9.20. The number of unbranched alkanes of at least 4 members (excludes halogenated alkanes) is 18. The summed E-state index contributed by atoms with van der Waals surface area (Å²) in [6.07, 6.45) is 31.3. The standard InChI is InChI=1S/2C18H30O.C3H8.C2H6O2/c2*1-2-3-4-5-6-7-8-9-10-11-12-17-13-15-18(19)16-14-17;1-3-2;1-2-4-3/h2*13-16,19H,2-12H2,1H3;3H2,1-2H3;3H,2H2,1H3. The van der Waals surface area contributed by atoms with Crippen LogP contribution in [0, 0.1) is 0 Å². The Bertz CT molecular complexity index is 721. The fourth-order valence-electron chi connectivity index (χ4n) is 4.96. The fraction of sp³-hybridized carbons (Fsp3) is 0.707. The second kappa shape index (κ2) is 38.1. The minimum atomic E-state index is 0.367. The normalized spacial score (nSPS) is 10.2. The number of phenolic OH excluding ortho intramolecular Hbond substituents is 2. The minimum absolute atomic E-state index is 0.367. The van der Waals surface area contributed by atoms with Crippen molar-refractivity contribution in [3.05, 3.63) is 59.7 Å². The molecule has 0 aliphatic carbocycles. The van der Waals surface area contributed by atoms with Crippen LogP contribution in [-0.2, 0) is 17.7 Å². The van der Waals surface area contributed by atoms with Crippen LogP contribution in [0.4, 0.5) is 0 Å². The molecule has 0 amide bonds. The lowest BCUT2D eigenvalue weighted by atomic mass is 10.0. The smallest absolute Gasteiger partial charge is 0.115 e. The number of hydrogen-bond donors (Lipinski definition) is 3. The van der Waals surface area contributed by atoms with Crippen molar-refractivity contribution in [3.8, 4) is 11.5 Å². The van der Waals surface area contributed by atoms with Crippen LogP contribution in [0.3, 0.4) is 0 Å². The van der Waals surface area contributed by atoms with Gasteiger partial charge in [0.1, 0.15) is 11.5 Å². The summed E-state index contributed by atoms with van der Waals surface area (Å²) in [6, 6.07) is 15.3. The second-order valence-corrected chi connectivity index (χ2v) is 12.3. The maximum Gasteiger partial charge on any atom is 0.115 e. The lowest BCUT2D eigenvalue weighted by Crippen LogP contribution is -1.86. The molecule has 0 atom stereocenters. The zero-order valence-corrected chi connectivity index (χ0v) is 30.3. The van der Waals surface area contributed by atoms with Crippen LogP contribution < -0.4 is 0 Å². The Morgan fingerprint density at radius 2 is 0.622 bits per heavy atom.